The van der Waals surface area contributed by atoms with Crippen LogP contribution in [0, 0.1) is 0 Å². The Labute approximate surface area is 291 Å². The SMILES string of the molecule is CC(C)(C)OC(=O)N1CCC(NC(=O)Nc2ccc3c(c2)C(C(=O)NC2CCN(C/C4=C/CCCCCC4)CC2)c2ccccc2O3)CC1. The average Bonchev–Trinajstić information content (AvgIpc) is 3.05. The first kappa shape index (κ1) is 34.8. The zero-order valence-electron chi connectivity index (χ0n) is 29.4. The van der Waals surface area contributed by atoms with Crippen molar-refractivity contribution in [2.75, 3.05) is 38.0 Å². The lowest BCUT2D eigenvalue weighted by molar-refractivity contribution is -0.122. The van der Waals surface area contributed by atoms with Gasteiger partial charge in [0.15, 0.2) is 0 Å². The van der Waals surface area contributed by atoms with Gasteiger partial charge in [0.2, 0.25) is 5.91 Å². The topological polar surface area (TPSA) is 112 Å². The van der Waals surface area contributed by atoms with Gasteiger partial charge in [0, 0.05) is 61.6 Å². The molecule has 1 unspecified atom stereocenters. The average molecular weight is 672 g/mol. The minimum Gasteiger partial charge on any atom is -0.457 e. The van der Waals surface area contributed by atoms with Crippen LogP contribution in [-0.4, -0.2) is 78.2 Å². The lowest BCUT2D eigenvalue weighted by Crippen LogP contribution is -2.48. The van der Waals surface area contributed by atoms with E-state index in [4.69, 9.17) is 9.47 Å². The van der Waals surface area contributed by atoms with Crippen molar-refractivity contribution in [1.29, 1.82) is 0 Å². The molecule has 2 aromatic rings. The Kier molecular flexibility index (Phi) is 11.1. The smallest absolute Gasteiger partial charge is 0.410 e. The van der Waals surface area contributed by atoms with E-state index in [9.17, 15) is 14.4 Å². The van der Waals surface area contributed by atoms with Crippen molar-refractivity contribution in [2.45, 2.75) is 109 Å². The van der Waals surface area contributed by atoms with E-state index >= 15 is 0 Å². The standard InChI is InChI=1S/C39H53N5O5/c1-39(2,3)49-38(47)44-23-19-29(20-24-44)41-37(46)42-30-15-16-34-32(25-30)35(31-13-9-10-14-33(31)48-34)36(45)40-28-17-21-43(22-18-28)26-27-11-7-5-4-6-8-12-27/h9-11,13-16,25,28-29,35H,4-8,12,17-24,26H2,1-3H3,(H,40,45)(H2,41,42,46)/b27-11+. The number of piperidine rings is 2. The monoisotopic (exact) mass is 671 g/mol. The second-order valence-corrected chi connectivity index (χ2v) is 15.0. The summed E-state index contributed by atoms with van der Waals surface area (Å²) in [6, 6.07) is 12.9. The molecule has 3 aliphatic heterocycles. The highest BCUT2D eigenvalue weighted by Gasteiger charge is 2.35. The molecule has 0 saturated carbocycles. The summed E-state index contributed by atoms with van der Waals surface area (Å²) in [5.41, 5.74) is 3.17. The van der Waals surface area contributed by atoms with E-state index in [1.807, 2.05) is 57.2 Å². The van der Waals surface area contributed by atoms with Crippen LogP contribution in [0.1, 0.15) is 102 Å². The molecule has 2 aromatic carbocycles. The highest BCUT2D eigenvalue weighted by Crippen LogP contribution is 2.45. The summed E-state index contributed by atoms with van der Waals surface area (Å²) in [4.78, 5) is 43.8. The summed E-state index contributed by atoms with van der Waals surface area (Å²) in [5, 5.41) is 9.39. The minimum absolute atomic E-state index is 0.0449. The molecular formula is C39H53N5O5. The number of carbonyl (C=O) groups excluding carboxylic acids is 3. The summed E-state index contributed by atoms with van der Waals surface area (Å²) >= 11 is 0. The second-order valence-electron chi connectivity index (χ2n) is 15.0. The van der Waals surface area contributed by atoms with Crippen molar-refractivity contribution >= 4 is 23.7 Å². The molecule has 3 heterocycles. The van der Waals surface area contributed by atoms with Crippen molar-refractivity contribution in [2.24, 2.45) is 0 Å². The largest absolute Gasteiger partial charge is 0.457 e. The van der Waals surface area contributed by atoms with Crippen LogP contribution in [0.4, 0.5) is 15.3 Å². The fourth-order valence-corrected chi connectivity index (χ4v) is 7.42. The number of para-hydroxylation sites is 1. The molecule has 2 fully saturated rings. The van der Waals surface area contributed by atoms with Gasteiger partial charge in [-0.15, -0.1) is 0 Å². The van der Waals surface area contributed by atoms with Crippen molar-refractivity contribution in [3.8, 4) is 11.5 Å². The van der Waals surface area contributed by atoms with Crippen molar-refractivity contribution in [1.82, 2.24) is 20.4 Å². The minimum atomic E-state index is -0.556. The van der Waals surface area contributed by atoms with Crippen LogP contribution in [-0.2, 0) is 9.53 Å². The number of anilines is 1. The van der Waals surface area contributed by atoms with Gasteiger partial charge >= 0.3 is 12.1 Å². The number of nitrogens with zero attached hydrogens (tertiary/aromatic N) is 2. The van der Waals surface area contributed by atoms with Crippen LogP contribution in [0.2, 0.25) is 0 Å². The summed E-state index contributed by atoms with van der Waals surface area (Å²) in [6.07, 6.45) is 13.0. The van der Waals surface area contributed by atoms with Crippen molar-refractivity contribution in [3.05, 3.63) is 65.2 Å². The lowest BCUT2D eigenvalue weighted by atomic mass is 9.86. The van der Waals surface area contributed by atoms with Gasteiger partial charge < -0.3 is 30.3 Å². The number of ether oxygens (including phenoxy) is 2. The number of fused-ring (bicyclic) bond motifs is 2. The fourth-order valence-electron chi connectivity index (χ4n) is 7.42. The van der Waals surface area contributed by atoms with Gasteiger partial charge in [0.25, 0.3) is 0 Å². The van der Waals surface area contributed by atoms with Gasteiger partial charge in [-0.05, 0) is 96.4 Å². The van der Waals surface area contributed by atoms with E-state index in [0.29, 0.717) is 43.1 Å². The maximum Gasteiger partial charge on any atom is 0.410 e. The number of urea groups is 1. The van der Waals surface area contributed by atoms with Crippen LogP contribution in [0.3, 0.4) is 0 Å². The molecule has 49 heavy (non-hydrogen) atoms. The summed E-state index contributed by atoms with van der Waals surface area (Å²) in [5.74, 6) is 0.687. The van der Waals surface area contributed by atoms with Crippen LogP contribution in [0.15, 0.2) is 54.1 Å². The van der Waals surface area contributed by atoms with E-state index in [1.54, 1.807) is 16.5 Å². The first-order valence-electron chi connectivity index (χ1n) is 18.3. The Morgan fingerprint density at radius 2 is 1.53 bits per heavy atom. The molecule has 0 bridgehead atoms. The van der Waals surface area contributed by atoms with E-state index in [-0.39, 0.29) is 30.1 Å². The van der Waals surface area contributed by atoms with E-state index < -0.39 is 11.5 Å². The van der Waals surface area contributed by atoms with Crippen LogP contribution in [0.25, 0.3) is 0 Å². The molecular weight excluding hydrogens is 618 g/mol. The van der Waals surface area contributed by atoms with Gasteiger partial charge in [0.1, 0.15) is 17.1 Å². The molecule has 1 aliphatic carbocycles. The second kappa shape index (κ2) is 15.7. The number of allylic oxidation sites excluding steroid dienone is 1. The zero-order chi connectivity index (χ0) is 34.4. The Morgan fingerprint density at radius 3 is 2.31 bits per heavy atom. The molecule has 3 N–H and O–H groups in total. The normalized spacial score (nSPS) is 21.8. The molecule has 0 spiro atoms. The van der Waals surface area contributed by atoms with Gasteiger partial charge in [-0.1, -0.05) is 42.7 Å². The number of hydrogen-bond donors (Lipinski definition) is 3. The number of rotatable bonds is 6. The third-order valence-electron chi connectivity index (χ3n) is 10.0. The number of nitrogens with one attached hydrogen (secondary N) is 3. The fraction of sp³-hybridized carbons (Fsp3) is 0.564. The van der Waals surface area contributed by atoms with Crippen LogP contribution in [0.5, 0.6) is 11.5 Å². The van der Waals surface area contributed by atoms with Gasteiger partial charge in [-0.2, -0.15) is 0 Å². The van der Waals surface area contributed by atoms with Gasteiger partial charge in [-0.25, -0.2) is 9.59 Å². The molecule has 0 aromatic heterocycles. The zero-order valence-corrected chi connectivity index (χ0v) is 29.4. The first-order chi connectivity index (χ1) is 23.6. The Hall–Kier alpha value is -4.05. The first-order valence-corrected chi connectivity index (χ1v) is 18.3. The molecule has 10 nitrogen and oxygen atoms in total. The predicted octanol–water partition coefficient (Wildman–Crippen LogP) is 7.31. The Balaban J connectivity index is 1.06. The molecule has 4 aliphatic rings. The molecule has 4 amide bonds. The van der Waals surface area contributed by atoms with Crippen molar-refractivity contribution < 1.29 is 23.9 Å². The molecule has 2 saturated heterocycles. The Bertz CT molecular complexity index is 1520. The van der Waals surface area contributed by atoms with E-state index in [0.717, 1.165) is 43.6 Å². The summed E-state index contributed by atoms with van der Waals surface area (Å²) in [6.45, 7) is 9.60. The number of benzene rings is 2. The highest BCUT2D eigenvalue weighted by molar-refractivity contribution is 5.92. The number of likely N-dealkylation sites (tertiary alicyclic amines) is 2. The Morgan fingerprint density at radius 1 is 0.837 bits per heavy atom. The molecule has 6 rings (SSSR count). The molecule has 1 atom stereocenters. The quantitative estimate of drug-likeness (QED) is 0.278. The summed E-state index contributed by atoms with van der Waals surface area (Å²) in [7, 11) is 0. The highest BCUT2D eigenvalue weighted by atomic mass is 16.6. The third kappa shape index (κ3) is 9.35. The van der Waals surface area contributed by atoms with E-state index in [2.05, 4.69) is 26.9 Å². The molecule has 10 heteroatoms. The number of carbonyl (C=O) groups is 3. The number of amides is 4. The van der Waals surface area contributed by atoms with E-state index in [1.165, 1.54) is 38.5 Å². The predicted molar refractivity (Wildman–Crippen MR) is 191 cm³/mol. The van der Waals surface area contributed by atoms with Gasteiger partial charge in [-0.3, -0.25) is 9.69 Å². The lowest BCUT2D eigenvalue weighted by Gasteiger charge is -2.35. The maximum atomic E-state index is 14.1. The van der Waals surface area contributed by atoms with Crippen LogP contribution < -0.4 is 20.7 Å². The molecule has 0 radical (unpaired) electrons. The number of hydrogen-bond acceptors (Lipinski definition) is 6. The maximum absolute atomic E-state index is 14.1. The third-order valence-corrected chi connectivity index (χ3v) is 10.0. The molecule has 264 valence electrons. The van der Waals surface area contributed by atoms with Gasteiger partial charge in [0.05, 0.1) is 5.92 Å². The van der Waals surface area contributed by atoms with Crippen molar-refractivity contribution in [3.63, 3.8) is 0 Å². The van der Waals surface area contributed by atoms with Crippen LogP contribution >= 0.6 is 0 Å². The summed E-state index contributed by atoms with van der Waals surface area (Å²) < 4.78 is 11.7.